The molecular formula is C14H19N3. The van der Waals surface area contributed by atoms with E-state index in [0.717, 1.165) is 29.8 Å². The van der Waals surface area contributed by atoms with Crippen LogP contribution in [0.3, 0.4) is 0 Å². The van der Waals surface area contributed by atoms with E-state index in [1.165, 1.54) is 18.5 Å². The molecule has 1 aliphatic rings. The van der Waals surface area contributed by atoms with Gasteiger partial charge in [-0.25, -0.2) is 4.98 Å². The highest BCUT2D eigenvalue weighted by Crippen LogP contribution is 2.33. The SMILES string of the molecule is CCC1CC1NCc1c(C)nc2ccccn12. The summed E-state index contributed by atoms with van der Waals surface area (Å²) < 4.78 is 2.19. The van der Waals surface area contributed by atoms with Crippen molar-refractivity contribution in [3.63, 3.8) is 0 Å². The first-order valence-electron chi connectivity index (χ1n) is 6.45. The summed E-state index contributed by atoms with van der Waals surface area (Å²) in [5.41, 5.74) is 3.48. The number of aryl methyl sites for hydroxylation is 1. The van der Waals surface area contributed by atoms with Gasteiger partial charge in [0.2, 0.25) is 0 Å². The molecule has 17 heavy (non-hydrogen) atoms. The molecule has 2 heterocycles. The Morgan fingerprint density at radius 1 is 1.47 bits per heavy atom. The van der Waals surface area contributed by atoms with Gasteiger partial charge in [0.15, 0.2) is 0 Å². The van der Waals surface area contributed by atoms with Crippen LogP contribution >= 0.6 is 0 Å². The summed E-state index contributed by atoms with van der Waals surface area (Å²) in [4.78, 5) is 4.57. The van der Waals surface area contributed by atoms with Crippen molar-refractivity contribution in [1.29, 1.82) is 0 Å². The molecule has 2 unspecified atom stereocenters. The maximum absolute atomic E-state index is 4.57. The molecule has 1 fully saturated rings. The van der Waals surface area contributed by atoms with Crippen LogP contribution in [-0.2, 0) is 6.54 Å². The molecule has 0 radical (unpaired) electrons. The van der Waals surface area contributed by atoms with Crippen molar-refractivity contribution < 1.29 is 0 Å². The number of pyridine rings is 1. The number of hydrogen-bond acceptors (Lipinski definition) is 2. The Kier molecular flexibility index (Phi) is 2.63. The Balaban J connectivity index is 1.78. The van der Waals surface area contributed by atoms with E-state index in [1.807, 2.05) is 6.07 Å². The number of rotatable bonds is 4. The molecule has 1 saturated carbocycles. The second-order valence-electron chi connectivity index (χ2n) is 4.96. The van der Waals surface area contributed by atoms with Gasteiger partial charge in [-0.2, -0.15) is 0 Å². The lowest BCUT2D eigenvalue weighted by Crippen LogP contribution is -2.19. The number of nitrogens with zero attached hydrogens (tertiary/aromatic N) is 2. The molecule has 0 aromatic carbocycles. The van der Waals surface area contributed by atoms with Gasteiger partial charge in [0.05, 0.1) is 11.4 Å². The predicted octanol–water partition coefficient (Wildman–Crippen LogP) is 2.53. The lowest BCUT2D eigenvalue weighted by Gasteiger charge is -2.05. The van der Waals surface area contributed by atoms with Gasteiger partial charge in [0.25, 0.3) is 0 Å². The highest BCUT2D eigenvalue weighted by molar-refractivity contribution is 5.42. The maximum Gasteiger partial charge on any atom is 0.137 e. The lowest BCUT2D eigenvalue weighted by molar-refractivity contribution is 0.612. The van der Waals surface area contributed by atoms with E-state index in [-0.39, 0.29) is 0 Å². The molecule has 1 N–H and O–H groups in total. The smallest absolute Gasteiger partial charge is 0.137 e. The fourth-order valence-electron chi connectivity index (χ4n) is 2.55. The summed E-state index contributed by atoms with van der Waals surface area (Å²) in [7, 11) is 0. The van der Waals surface area contributed by atoms with Gasteiger partial charge in [-0.05, 0) is 31.4 Å². The van der Waals surface area contributed by atoms with Gasteiger partial charge in [-0.3, -0.25) is 0 Å². The molecule has 2 atom stereocenters. The second kappa shape index (κ2) is 4.15. The quantitative estimate of drug-likeness (QED) is 0.873. The molecule has 0 aliphatic heterocycles. The zero-order valence-corrected chi connectivity index (χ0v) is 10.5. The minimum absolute atomic E-state index is 0.730. The van der Waals surface area contributed by atoms with E-state index < -0.39 is 0 Å². The van der Waals surface area contributed by atoms with Crippen LogP contribution < -0.4 is 5.32 Å². The van der Waals surface area contributed by atoms with Crippen molar-refractivity contribution >= 4 is 5.65 Å². The average molecular weight is 229 g/mol. The average Bonchev–Trinajstić information content (AvgIpc) is 3.03. The molecule has 2 aromatic heterocycles. The fourth-order valence-corrected chi connectivity index (χ4v) is 2.55. The van der Waals surface area contributed by atoms with Crippen molar-refractivity contribution in [3.05, 3.63) is 35.8 Å². The predicted molar refractivity (Wildman–Crippen MR) is 69.0 cm³/mol. The van der Waals surface area contributed by atoms with E-state index in [4.69, 9.17) is 0 Å². The topological polar surface area (TPSA) is 29.3 Å². The number of fused-ring (bicyclic) bond motifs is 1. The zero-order valence-electron chi connectivity index (χ0n) is 10.5. The molecule has 3 rings (SSSR count). The van der Waals surface area contributed by atoms with Crippen LogP contribution in [0.2, 0.25) is 0 Å². The Bertz CT molecular complexity index is 529. The molecule has 0 bridgehead atoms. The summed E-state index contributed by atoms with van der Waals surface area (Å²) >= 11 is 0. The van der Waals surface area contributed by atoms with Crippen LogP contribution in [0.15, 0.2) is 24.4 Å². The van der Waals surface area contributed by atoms with Gasteiger partial charge in [0, 0.05) is 18.8 Å². The summed E-state index contributed by atoms with van der Waals surface area (Å²) in [6.07, 6.45) is 4.73. The normalized spacial score (nSPS) is 23.2. The van der Waals surface area contributed by atoms with Crippen LogP contribution in [0, 0.1) is 12.8 Å². The Hall–Kier alpha value is -1.35. The van der Waals surface area contributed by atoms with Crippen molar-refractivity contribution in [3.8, 4) is 0 Å². The minimum Gasteiger partial charge on any atom is -0.308 e. The van der Waals surface area contributed by atoms with E-state index in [1.54, 1.807) is 0 Å². The number of imidazole rings is 1. The van der Waals surface area contributed by atoms with Crippen molar-refractivity contribution in [2.75, 3.05) is 0 Å². The fraction of sp³-hybridized carbons (Fsp3) is 0.500. The van der Waals surface area contributed by atoms with Crippen molar-refractivity contribution in [2.45, 2.75) is 39.3 Å². The van der Waals surface area contributed by atoms with Crippen molar-refractivity contribution in [2.24, 2.45) is 5.92 Å². The number of aromatic nitrogens is 2. The van der Waals surface area contributed by atoms with Crippen LogP contribution in [0.4, 0.5) is 0 Å². The molecule has 0 saturated heterocycles. The third-order valence-corrected chi connectivity index (χ3v) is 3.81. The summed E-state index contributed by atoms with van der Waals surface area (Å²) in [6, 6.07) is 6.88. The van der Waals surface area contributed by atoms with E-state index >= 15 is 0 Å². The van der Waals surface area contributed by atoms with Crippen LogP contribution in [0.1, 0.15) is 31.2 Å². The van der Waals surface area contributed by atoms with Gasteiger partial charge >= 0.3 is 0 Å². The Morgan fingerprint density at radius 2 is 2.35 bits per heavy atom. The summed E-state index contributed by atoms with van der Waals surface area (Å²) in [5.74, 6) is 0.898. The zero-order chi connectivity index (χ0) is 11.8. The van der Waals surface area contributed by atoms with E-state index in [0.29, 0.717) is 0 Å². The van der Waals surface area contributed by atoms with Crippen LogP contribution in [0.5, 0.6) is 0 Å². The Labute approximate surface area is 102 Å². The molecule has 0 spiro atoms. The van der Waals surface area contributed by atoms with Gasteiger partial charge < -0.3 is 9.72 Å². The molecule has 3 heteroatoms. The van der Waals surface area contributed by atoms with Crippen molar-refractivity contribution in [1.82, 2.24) is 14.7 Å². The first kappa shape index (κ1) is 10.8. The van der Waals surface area contributed by atoms with Crippen LogP contribution in [0.25, 0.3) is 5.65 Å². The third kappa shape index (κ3) is 1.95. The number of nitrogens with one attached hydrogen (secondary N) is 1. The Morgan fingerprint density at radius 3 is 3.12 bits per heavy atom. The molecule has 2 aromatic rings. The first-order valence-corrected chi connectivity index (χ1v) is 6.45. The van der Waals surface area contributed by atoms with Crippen LogP contribution in [-0.4, -0.2) is 15.4 Å². The van der Waals surface area contributed by atoms with Gasteiger partial charge in [-0.1, -0.05) is 19.4 Å². The highest BCUT2D eigenvalue weighted by atomic mass is 15.1. The van der Waals surface area contributed by atoms with E-state index in [2.05, 4.69) is 46.9 Å². The standard InChI is InChI=1S/C14H19N3/c1-3-11-8-12(11)15-9-13-10(2)16-14-6-4-5-7-17(13)14/h4-7,11-12,15H,3,8-9H2,1-2H3. The van der Waals surface area contributed by atoms with Gasteiger partial charge in [-0.15, -0.1) is 0 Å². The number of hydrogen-bond donors (Lipinski definition) is 1. The molecule has 0 amide bonds. The largest absolute Gasteiger partial charge is 0.308 e. The summed E-state index contributed by atoms with van der Waals surface area (Å²) in [6.45, 7) is 5.29. The monoisotopic (exact) mass is 229 g/mol. The highest BCUT2D eigenvalue weighted by Gasteiger charge is 2.34. The lowest BCUT2D eigenvalue weighted by atomic mass is 10.3. The second-order valence-corrected chi connectivity index (χ2v) is 4.96. The third-order valence-electron chi connectivity index (χ3n) is 3.81. The minimum atomic E-state index is 0.730. The maximum atomic E-state index is 4.57. The molecule has 3 nitrogen and oxygen atoms in total. The molecule has 1 aliphatic carbocycles. The first-order chi connectivity index (χ1) is 8.29. The van der Waals surface area contributed by atoms with Gasteiger partial charge in [0.1, 0.15) is 5.65 Å². The van der Waals surface area contributed by atoms with E-state index in [9.17, 15) is 0 Å². The summed E-state index contributed by atoms with van der Waals surface area (Å²) in [5, 5.41) is 3.63. The molecular weight excluding hydrogens is 210 g/mol. The molecule has 90 valence electrons.